The van der Waals surface area contributed by atoms with Crippen LogP contribution in [-0.4, -0.2) is 20.9 Å². The Hall–Kier alpha value is -2.35. The van der Waals surface area contributed by atoms with E-state index >= 15 is 0 Å². The maximum absolute atomic E-state index is 13.3. The maximum atomic E-state index is 13.3. The van der Waals surface area contributed by atoms with Gasteiger partial charge in [0.05, 0.1) is 10.6 Å². The second-order valence-corrected chi connectivity index (χ2v) is 9.50. The van der Waals surface area contributed by atoms with Gasteiger partial charge in [0.25, 0.3) is 10.0 Å². The van der Waals surface area contributed by atoms with Crippen molar-refractivity contribution in [2.24, 2.45) is 0 Å². The minimum absolute atomic E-state index is 0.0909. The van der Waals surface area contributed by atoms with Crippen LogP contribution in [0.15, 0.2) is 82.2 Å². The number of anilines is 2. The SMILES string of the molecule is Cc1ccc(N(CC(=O)Nc2ccc(Br)cc2)S(=O)(=O)c2ccccc2)cc1Cl. The molecule has 8 heteroatoms. The molecule has 0 aliphatic heterocycles. The summed E-state index contributed by atoms with van der Waals surface area (Å²) in [6.07, 6.45) is 0. The van der Waals surface area contributed by atoms with E-state index in [0.717, 1.165) is 14.3 Å². The number of amides is 1. The summed E-state index contributed by atoms with van der Waals surface area (Å²) in [4.78, 5) is 12.7. The van der Waals surface area contributed by atoms with Crippen molar-refractivity contribution < 1.29 is 13.2 Å². The van der Waals surface area contributed by atoms with Crippen LogP contribution in [0.3, 0.4) is 0 Å². The van der Waals surface area contributed by atoms with Gasteiger partial charge in [-0.3, -0.25) is 9.10 Å². The molecule has 1 amide bonds. The molecule has 0 aromatic heterocycles. The lowest BCUT2D eigenvalue weighted by molar-refractivity contribution is -0.114. The second kappa shape index (κ2) is 8.98. The van der Waals surface area contributed by atoms with Crippen molar-refractivity contribution in [3.05, 3.63) is 87.9 Å². The van der Waals surface area contributed by atoms with Gasteiger partial charge < -0.3 is 5.32 Å². The van der Waals surface area contributed by atoms with E-state index in [1.54, 1.807) is 60.7 Å². The van der Waals surface area contributed by atoms with E-state index in [2.05, 4.69) is 21.2 Å². The van der Waals surface area contributed by atoms with E-state index in [-0.39, 0.29) is 4.90 Å². The van der Waals surface area contributed by atoms with E-state index in [9.17, 15) is 13.2 Å². The molecule has 0 saturated heterocycles. The third kappa shape index (κ3) is 5.18. The van der Waals surface area contributed by atoms with E-state index in [1.807, 2.05) is 6.92 Å². The molecule has 1 N–H and O–H groups in total. The summed E-state index contributed by atoms with van der Waals surface area (Å²) >= 11 is 9.54. The summed E-state index contributed by atoms with van der Waals surface area (Å²) in [6, 6.07) is 19.9. The molecule has 0 bridgehead atoms. The van der Waals surface area contributed by atoms with Crippen molar-refractivity contribution in [3.8, 4) is 0 Å². The van der Waals surface area contributed by atoms with Gasteiger partial charge in [0, 0.05) is 15.2 Å². The average Bonchev–Trinajstić information content (AvgIpc) is 2.71. The van der Waals surface area contributed by atoms with Gasteiger partial charge in [-0.1, -0.05) is 51.8 Å². The topological polar surface area (TPSA) is 66.5 Å². The fourth-order valence-corrected chi connectivity index (χ4v) is 4.51. The normalized spacial score (nSPS) is 11.1. The first-order valence-electron chi connectivity index (χ1n) is 8.67. The maximum Gasteiger partial charge on any atom is 0.264 e. The molecule has 0 aliphatic carbocycles. The Kier molecular flexibility index (Phi) is 6.62. The zero-order valence-electron chi connectivity index (χ0n) is 15.5. The zero-order chi connectivity index (χ0) is 21.0. The highest BCUT2D eigenvalue weighted by Crippen LogP contribution is 2.28. The minimum Gasteiger partial charge on any atom is -0.325 e. The van der Waals surface area contributed by atoms with Gasteiger partial charge in [0.1, 0.15) is 6.54 Å². The van der Waals surface area contributed by atoms with Gasteiger partial charge in [-0.15, -0.1) is 0 Å². The molecule has 0 atom stereocenters. The first kappa shape index (κ1) is 21.4. The number of halogens is 2. The van der Waals surface area contributed by atoms with Crippen LogP contribution < -0.4 is 9.62 Å². The van der Waals surface area contributed by atoms with Crippen molar-refractivity contribution in [1.29, 1.82) is 0 Å². The van der Waals surface area contributed by atoms with Crippen LogP contribution in [0, 0.1) is 6.92 Å². The average molecular weight is 494 g/mol. The molecule has 29 heavy (non-hydrogen) atoms. The van der Waals surface area contributed by atoms with Gasteiger partial charge in [-0.25, -0.2) is 8.42 Å². The van der Waals surface area contributed by atoms with Gasteiger partial charge in [-0.05, 0) is 61.0 Å². The summed E-state index contributed by atoms with van der Waals surface area (Å²) in [5.41, 5.74) is 1.69. The molecule has 0 unspecified atom stereocenters. The fourth-order valence-electron chi connectivity index (χ4n) is 2.64. The van der Waals surface area contributed by atoms with Crippen LogP contribution in [0.4, 0.5) is 11.4 Å². The quantitative estimate of drug-likeness (QED) is 0.510. The van der Waals surface area contributed by atoms with Gasteiger partial charge in [-0.2, -0.15) is 0 Å². The Labute approximate surface area is 183 Å². The summed E-state index contributed by atoms with van der Waals surface area (Å²) in [5.74, 6) is -0.469. The molecule has 0 spiro atoms. The van der Waals surface area contributed by atoms with Crippen LogP contribution in [0.25, 0.3) is 0 Å². The smallest absolute Gasteiger partial charge is 0.264 e. The first-order chi connectivity index (χ1) is 13.8. The predicted molar refractivity (Wildman–Crippen MR) is 120 cm³/mol. The largest absolute Gasteiger partial charge is 0.325 e. The highest BCUT2D eigenvalue weighted by Gasteiger charge is 2.27. The lowest BCUT2D eigenvalue weighted by Gasteiger charge is -2.24. The van der Waals surface area contributed by atoms with E-state index < -0.39 is 22.5 Å². The standard InChI is InChI=1S/C21H18BrClN2O3S/c1-15-7-12-18(13-20(15)23)25(29(27,28)19-5-3-2-4-6-19)14-21(26)24-17-10-8-16(22)9-11-17/h2-13H,14H2,1H3,(H,24,26). The van der Waals surface area contributed by atoms with Crippen LogP contribution in [0.2, 0.25) is 5.02 Å². The number of carbonyl (C=O) groups excluding carboxylic acids is 1. The highest BCUT2D eigenvalue weighted by molar-refractivity contribution is 9.10. The molecule has 0 aliphatic rings. The lowest BCUT2D eigenvalue weighted by Crippen LogP contribution is -2.38. The molecule has 0 saturated carbocycles. The van der Waals surface area contributed by atoms with Crippen LogP contribution >= 0.6 is 27.5 Å². The summed E-state index contributed by atoms with van der Waals surface area (Å²) in [5, 5.41) is 3.14. The first-order valence-corrected chi connectivity index (χ1v) is 11.3. The van der Waals surface area contributed by atoms with Crippen LogP contribution in [0.1, 0.15) is 5.56 Å². The number of rotatable bonds is 6. The second-order valence-electron chi connectivity index (χ2n) is 6.31. The molecular weight excluding hydrogens is 476 g/mol. The van der Waals surface area contributed by atoms with Crippen LogP contribution in [-0.2, 0) is 14.8 Å². The molecule has 3 aromatic carbocycles. The molecule has 150 valence electrons. The monoisotopic (exact) mass is 492 g/mol. The number of carbonyl (C=O) groups is 1. The van der Waals surface area contributed by atoms with E-state index in [0.29, 0.717) is 16.4 Å². The number of sulfonamides is 1. The number of benzene rings is 3. The molecule has 0 radical (unpaired) electrons. The molecule has 5 nitrogen and oxygen atoms in total. The Morgan fingerprint density at radius 2 is 1.69 bits per heavy atom. The number of aryl methyl sites for hydroxylation is 1. The molecule has 3 aromatic rings. The van der Waals surface area contributed by atoms with Gasteiger partial charge >= 0.3 is 0 Å². The van der Waals surface area contributed by atoms with Crippen molar-refractivity contribution in [2.45, 2.75) is 11.8 Å². The number of nitrogens with one attached hydrogen (secondary N) is 1. The zero-order valence-corrected chi connectivity index (χ0v) is 18.6. The molecular formula is C21H18BrClN2O3S. The Morgan fingerprint density at radius 1 is 1.03 bits per heavy atom. The van der Waals surface area contributed by atoms with Crippen molar-refractivity contribution in [3.63, 3.8) is 0 Å². The van der Waals surface area contributed by atoms with Gasteiger partial charge in [0.2, 0.25) is 5.91 Å². The van der Waals surface area contributed by atoms with Crippen LogP contribution in [0.5, 0.6) is 0 Å². The van der Waals surface area contributed by atoms with E-state index in [4.69, 9.17) is 11.6 Å². The van der Waals surface area contributed by atoms with Crippen molar-refractivity contribution in [2.75, 3.05) is 16.2 Å². The third-order valence-electron chi connectivity index (χ3n) is 4.19. The van der Waals surface area contributed by atoms with Crippen molar-refractivity contribution in [1.82, 2.24) is 0 Å². The molecule has 0 fully saturated rings. The number of hydrogen-bond donors (Lipinski definition) is 1. The lowest BCUT2D eigenvalue weighted by atomic mass is 10.2. The Balaban J connectivity index is 1.95. The van der Waals surface area contributed by atoms with E-state index in [1.165, 1.54) is 12.1 Å². The number of hydrogen-bond acceptors (Lipinski definition) is 3. The summed E-state index contributed by atoms with van der Waals surface area (Å²) < 4.78 is 28.4. The van der Waals surface area contributed by atoms with Crippen molar-refractivity contribution >= 4 is 54.8 Å². The summed E-state index contributed by atoms with van der Waals surface area (Å²) in [6.45, 7) is 1.43. The fraction of sp³-hybridized carbons (Fsp3) is 0.0952. The predicted octanol–water partition coefficient (Wildman–Crippen LogP) is 5.24. The Morgan fingerprint density at radius 3 is 2.31 bits per heavy atom. The highest BCUT2D eigenvalue weighted by atomic mass is 79.9. The third-order valence-corrected chi connectivity index (χ3v) is 6.91. The van der Waals surface area contributed by atoms with Gasteiger partial charge in [0.15, 0.2) is 0 Å². The minimum atomic E-state index is -3.97. The molecule has 0 heterocycles. The molecule has 3 rings (SSSR count). The summed E-state index contributed by atoms with van der Waals surface area (Å²) in [7, 11) is -3.97. The Bertz CT molecular complexity index is 1120. The number of nitrogens with zero attached hydrogens (tertiary/aromatic N) is 1.